The first-order valence-corrected chi connectivity index (χ1v) is 8.60. The third kappa shape index (κ3) is 3.35. The zero-order chi connectivity index (χ0) is 18.8. The minimum atomic E-state index is 0.722. The van der Waals surface area contributed by atoms with Gasteiger partial charge in [0, 0.05) is 28.1 Å². The Morgan fingerprint density at radius 1 is 0.704 bits per heavy atom. The van der Waals surface area contributed by atoms with Gasteiger partial charge in [-0.1, -0.05) is 12.1 Å². The summed E-state index contributed by atoms with van der Waals surface area (Å²) in [6.07, 6.45) is 0. The quantitative estimate of drug-likeness (QED) is 0.467. The fourth-order valence-electron chi connectivity index (χ4n) is 2.97. The Morgan fingerprint density at radius 3 is 1.78 bits per heavy atom. The molecule has 1 aromatic heterocycles. The van der Waals surface area contributed by atoms with Gasteiger partial charge in [-0.05, 0) is 60.7 Å². The van der Waals surface area contributed by atoms with Crippen molar-refractivity contribution in [2.24, 2.45) is 0 Å². The summed E-state index contributed by atoms with van der Waals surface area (Å²) in [7, 11) is 1.66. The summed E-state index contributed by atoms with van der Waals surface area (Å²) in [5, 5.41) is 0. The number of hydrogen-bond donors (Lipinski definition) is 3. The molecule has 5 nitrogen and oxygen atoms in total. The van der Waals surface area contributed by atoms with Crippen LogP contribution in [0.5, 0.6) is 5.75 Å². The molecule has 0 fully saturated rings. The molecule has 4 aromatic rings. The average molecular weight is 356 g/mol. The molecule has 0 saturated heterocycles. The van der Waals surface area contributed by atoms with Crippen molar-refractivity contribution < 1.29 is 4.74 Å². The number of imidazole rings is 1. The van der Waals surface area contributed by atoms with Crippen molar-refractivity contribution in [3.8, 4) is 39.7 Å². The third-order valence-electron chi connectivity index (χ3n) is 4.45. The van der Waals surface area contributed by atoms with Crippen LogP contribution in [0.25, 0.3) is 33.9 Å². The maximum Gasteiger partial charge on any atom is 0.138 e. The molecule has 5 N–H and O–H groups in total. The van der Waals surface area contributed by atoms with Crippen LogP contribution in [0.15, 0.2) is 72.8 Å². The summed E-state index contributed by atoms with van der Waals surface area (Å²) in [4.78, 5) is 8.32. The lowest BCUT2D eigenvalue weighted by Gasteiger charge is -2.05. The van der Waals surface area contributed by atoms with Crippen molar-refractivity contribution in [3.05, 3.63) is 72.8 Å². The molecule has 5 heteroatoms. The Morgan fingerprint density at radius 2 is 1.22 bits per heavy atom. The summed E-state index contributed by atoms with van der Waals surface area (Å²) in [6.45, 7) is 0. The molecule has 0 aliphatic rings. The standard InChI is InChI=1S/C22H20N4O/c1-27-19-12-6-15(7-13-19)21-20(14-2-8-17(23)9-3-14)25-22(26-21)16-4-10-18(24)11-5-16/h2-13H,23-24H2,1H3,(H,25,26). The number of ether oxygens (including phenoxy) is 1. The van der Waals surface area contributed by atoms with Crippen molar-refractivity contribution in [2.45, 2.75) is 0 Å². The van der Waals surface area contributed by atoms with E-state index in [2.05, 4.69) is 4.98 Å². The Bertz CT molecular complexity index is 1050. The van der Waals surface area contributed by atoms with Crippen molar-refractivity contribution >= 4 is 11.4 Å². The molecule has 0 spiro atoms. The number of anilines is 2. The third-order valence-corrected chi connectivity index (χ3v) is 4.45. The molecule has 0 unspecified atom stereocenters. The second-order valence-electron chi connectivity index (χ2n) is 6.28. The van der Waals surface area contributed by atoms with Crippen LogP contribution < -0.4 is 16.2 Å². The van der Waals surface area contributed by atoms with Crippen molar-refractivity contribution in [1.29, 1.82) is 0 Å². The molecular weight excluding hydrogens is 336 g/mol. The number of nitrogens with two attached hydrogens (primary N) is 2. The Kier molecular flexibility index (Phi) is 4.26. The number of aromatic amines is 1. The van der Waals surface area contributed by atoms with Gasteiger partial charge < -0.3 is 21.2 Å². The molecule has 0 radical (unpaired) electrons. The van der Waals surface area contributed by atoms with E-state index < -0.39 is 0 Å². The summed E-state index contributed by atoms with van der Waals surface area (Å²) in [6, 6.07) is 23.3. The van der Waals surface area contributed by atoms with Gasteiger partial charge in [0.1, 0.15) is 11.6 Å². The number of hydrogen-bond acceptors (Lipinski definition) is 4. The summed E-state index contributed by atoms with van der Waals surface area (Å²) in [5.41, 5.74) is 17.9. The Balaban J connectivity index is 1.86. The smallest absolute Gasteiger partial charge is 0.138 e. The SMILES string of the molecule is COc1ccc(-c2nc(-c3ccc(N)cc3)[nH]c2-c2ccc(N)cc2)cc1. The summed E-state index contributed by atoms with van der Waals surface area (Å²) in [5.74, 6) is 1.59. The van der Waals surface area contributed by atoms with Crippen molar-refractivity contribution in [1.82, 2.24) is 9.97 Å². The second-order valence-corrected chi connectivity index (χ2v) is 6.28. The molecule has 0 amide bonds. The fourth-order valence-corrected chi connectivity index (χ4v) is 2.97. The average Bonchev–Trinajstić information content (AvgIpc) is 3.14. The largest absolute Gasteiger partial charge is 0.497 e. The Hall–Kier alpha value is -3.73. The lowest BCUT2D eigenvalue weighted by molar-refractivity contribution is 0.415. The van der Waals surface area contributed by atoms with Gasteiger partial charge in [-0.3, -0.25) is 0 Å². The number of nitrogen functional groups attached to an aromatic ring is 2. The molecule has 134 valence electrons. The molecule has 0 aliphatic carbocycles. The van der Waals surface area contributed by atoms with Gasteiger partial charge in [-0.2, -0.15) is 0 Å². The highest BCUT2D eigenvalue weighted by Gasteiger charge is 2.15. The highest BCUT2D eigenvalue weighted by Crippen LogP contribution is 2.34. The van der Waals surface area contributed by atoms with Crippen LogP contribution in [0.1, 0.15) is 0 Å². The highest BCUT2D eigenvalue weighted by atomic mass is 16.5. The lowest BCUT2D eigenvalue weighted by atomic mass is 10.0. The van der Waals surface area contributed by atoms with E-state index in [-0.39, 0.29) is 0 Å². The van der Waals surface area contributed by atoms with Crippen LogP contribution in [-0.4, -0.2) is 17.1 Å². The Labute approximate surface area is 157 Å². The van der Waals surface area contributed by atoms with Gasteiger partial charge in [-0.15, -0.1) is 0 Å². The topological polar surface area (TPSA) is 90.0 Å². The van der Waals surface area contributed by atoms with E-state index in [0.29, 0.717) is 0 Å². The predicted octanol–water partition coefficient (Wildman–Crippen LogP) is 4.58. The number of nitrogens with zero attached hydrogens (tertiary/aromatic N) is 1. The van der Waals surface area contributed by atoms with Crippen LogP contribution in [0, 0.1) is 0 Å². The first-order valence-electron chi connectivity index (χ1n) is 8.60. The van der Waals surface area contributed by atoms with Crippen LogP contribution in [0.2, 0.25) is 0 Å². The molecule has 4 rings (SSSR count). The van der Waals surface area contributed by atoms with E-state index in [1.165, 1.54) is 0 Å². The summed E-state index contributed by atoms with van der Waals surface area (Å²) < 4.78 is 5.26. The van der Waals surface area contributed by atoms with E-state index in [1.54, 1.807) is 7.11 Å². The van der Waals surface area contributed by atoms with Crippen molar-refractivity contribution in [3.63, 3.8) is 0 Å². The zero-order valence-electron chi connectivity index (χ0n) is 14.9. The van der Waals surface area contributed by atoms with Gasteiger partial charge in [0.05, 0.1) is 18.5 Å². The molecule has 27 heavy (non-hydrogen) atoms. The summed E-state index contributed by atoms with van der Waals surface area (Å²) >= 11 is 0. The molecule has 0 aliphatic heterocycles. The maximum atomic E-state index is 5.84. The van der Waals surface area contributed by atoms with E-state index in [9.17, 15) is 0 Å². The molecule has 0 atom stereocenters. The van der Waals surface area contributed by atoms with E-state index in [0.717, 1.165) is 51.0 Å². The van der Waals surface area contributed by atoms with Gasteiger partial charge >= 0.3 is 0 Å². The molecule has 1 heterocycles. The highest BCUT2D eigenvalue weighted by molar-refractivity contribution is 5.82. The lowest BCUT2D eigenvalue weighted by Crippen LogP contribution is -1.87. The molecule has 0 saturated carbocycles. The number of nitrogens with one attached hydrogen (secondary N) is 1. The van der Waals surface area contributed by atoms with E-state index >= 15 is 0 Å². The number of aromatic nitrogens is 2. The molecule has 3 aromatic carbocycles. The van der Waals surface area contributed by atoms with Crippen molar-refractivity contribution in [2.75, 3.05) is 18.6 Å². The monoisotopic (exact) mass is 356 g/mol. The number of H-pyrrole nitrogens is 1. The number of rotatable bonds is 4. The van der Waals surface area contributed by atoms with Gasteiger partial charge in [0.25, 0.3) is 0 Å². The van der Waals surface area contributed by atoms with Crippen LogP contribution in [0.3, 0.4) is 0 Å². The number of methoxy groups -OCH3 is 1. The van der Waals surface area contributed by atoms with Gasteiger partial charge in [0.2, 0.25) is 0 Å². The van der Waals surface area contributed by atoms with Gasteiger partial charge in [0.15, 0.2) is 0 Å². The minimum Gasteiger partial charge on any atom is -0.497 e. The first kappa shape index (κ1) is 16.7. The number of benzene rings is 3. The minimum absolute atomic E-state index is 0.722. The predicted molar refractivity (Wildman–Crippen MR) is 110 cm³/mol. The van der Waals surface area contributed by atoms with E-state index in [4.69, 9.17) is 21.2 Å². The van der Waals surface area contributed by atoms with Crippen LogP contribution in [0.4, 0.5) is 11.4 Å². The van der Waals surface area contributed by atoms with E-state index in [1.807, 2.05) is 72.8 Å². The van der Waals surface area contributed by atoms with Gasteiger partial charge in [-0.25, -0.2) is 4.98 Å². The molecule has 0 bridgehead atoms. The maximum absolute atomic E-state index is 5.84. The van der Waals surface area contributed by atoms with Crippen LogP contribution >= 0.6 is 0 Å². The normalized spacial score (nSPS) is 10.7. The first-order chi connectivity index (χ1) is 13.1. The second kappa shape index (κ2) is 6.88. The fraction of sp³-hybridized carbons (Fsp3) is 0.0455. The van der Waals surface area contributed by atoms with Crippen LogP contribution in [-0.2, 0) is 0 Å². The molecular formula is C22H20N4O. The zero-order valence-corrected chi connectivity index (χ0v) is 14.9.